The standard InChI is InChI=1S/C14H18Cl2N2O3/c1-10(2)7-17-8-11-5-13(18(19)20)3-4-14(11)21-9-12(16)6-15/h3-6,10,17H,7-9H2,1-2H3. The van der Waals surface area contributed by atoms with Gasteiger partial charge in [-0.3, -0.25) is 10.1 Å². The molecule has 0 spiro atoms. The molecular weight excluding hydrogens is 315 g/mol. The average molecular weight is 333 g/mol. The summed E-state index contributed by atoms with van der Waals surface area (Å²) in [5, 5.41) is 14.4. The van der Waals surface area contributed by atoms with Gasteiger partial charge in [-0.2, -0.15) is 0 Å². The minimum absolute atomic E-state index is 0.0303. The summed E-state index contributed by atoms with van der Waals surface area (Å²) in [7, 11) is 0. The van der Waals surface area contributed by atoms with Crippen molar-refractivity contribution in [1.82, 2.24) is 5.32 Å². The normalized spacial score (nSPS) is 11.8. The molecular formula is C14H18Cl2N2O3. The van der Waals surface area contributed by atoms with Crippen molar-refractivity contribution in [3.63, 3.8) is 0 Å². The molecule has 21 heavy (non-hydrogen) atoms. The predicted molar refractivity (Wildman–Crippen MR) is 84.9 cm³/mol. The van der Waals surface area contributed by atoms with Crippen LogP contribution in [0, 0.1) is 16.0 Å². The summed E-state index contributed by atoms with van der Waals surface area (Å²) >= 11 is 11.2. The number of nitrogens with one attached hydrogen (secondary N) is 1. The molecule has 0 fully saturated rings. The first-order chi connectivity index (χ1) is 9.93. The predicted octanol–water partition coefficient (Wildman–Crippen LogP) is 4.04. The number of benzene rings is 1. The number of non-ortho nitro benzene ring substituents is 1. The van der Waals surface area contributed by atoms with Crippen molar-refractivity contribution >= 4 is 28.9 Å². The number of nitrogens with zero attached hydrogens (tertiary/aromatic N) is 1. The summed E-state index contributed by atoms with van der Waals surface area (Å²) in [6.07, 6.45) is 0. The summed E-state index contributed by atoms with van der Waals surface area (Å²) in [5.74, 6) is 1.04. The fourth-order valence-electron chi connectivity index (χ4n) is 1.63. The van der Waals surface area contributed by atoms with Crippen LogP contribution in [0.2, 0.25) is 0 Å². The van der Waals surface area contributed by atoms with Gasteiger partial charge in [0.2, 0.25) is 0 Å². The van der Waals surface area contributed by atoms with Gasteiger partial charge in [0.1, 0.15) is 12.4 Å². The van der Waals surface area contributed by atoms with Crippen LogP contribution in [0.1, 0.15) is 19.4 Å². The van der Waals surface area contributed by atoms with Gasteiger partial charge in [0.15, 0.2) is 0 Å². The average Bonchev–Trinajstić information content (AvgIpc) is 2.44. The minimum Gasteiger partial charge on any atom is -0.488 e. The number of rotatable bonds is 8. The van der Waals surface area contributed by atoms with E-state index in [9.17, 15) is 10.1 Å². The molecule has 0 unspecified atom stereocenters. The van der Waals surface area contributed by atoms with E-state index in [-0.39, 0.29) is 12.3 Å². The fourth-order valence-corrected chi connectivity index (χ4v) is 1.75. The number of nitro groups is 1. The molecule has 0 atom stereocenters. The van der Waals surface area contributed by atoms with E-state index in [2.05, 4.69) is 19.2 Å². The Morgan fingerprint density at radius 2 is 2.24 bits per heavy atom. The lowest BCUT2D eigenvalue weighted by molar-refractivity contribution is -0.384. The third-order valence-electron chi connectivity index (χ3n) is 2.61. The van der Waals surface area contributed by atoms with Crippen molar-refractivity contribution in [3.05, 3.63) is 44.4 Å². The van der Waals surface area contributed by atoms with Crippen LogP contribution in [0.25, 0.3) is 0 Å². The molecule has 116 valence electrons. The third kappa shape index (κ3) is 6.33. The highest BCUT2D eigenvalue weighted by atomic mass is 35.5. The van der Waals surface area contributed by atoms with Gasteiger partial charge in [0.25, 0.3) is 5.69 Å². The van der Waals surface area contributed by atoms with Gasteiger partial charge in [0.05, 0.1) is 9.96 Å². The summed E-state index contributed by atoms with van der Waals surface area (Å²) in [6, 6.07) is 4.48. The van der Waals surface area contributed by atoms with E-state index in [0.717, 1.165) is 6.54 Å². The van der Waals surface area contributed by atoms with Crippen LogP contribution in [0.15, 0.2) is 28.8 Å². The molecule has 1 rings (SSSR count). The molecule has 0 aliphatic rings. The van der Waals surface area contributed by atoms with Crippen LogP contribution in [-0.2, 0) is 6.54 Å². The second-order valence-corrected chi connectivity index (χ2v) is 5.62. The van der Waals surface area contributed by atoms with Crippen molar-refractivity contribution in [2.45, 2.75) is 20.4 Å². The molecule has 0 heterocycles. The molecule has 0 aromatic heterocycles. The van der Waals surface area contributed by atoms with Gasteiger partial charge in [-0.1, -0.05) is 37.0 Å². The van der Waals surface area contributed by atoms with Gasteiger partial charge in [0, 0.05) is 29.8 Å². The molecule has 0 aliphatic carbocycles. The van der Waals surface area contributed by atoms with Gasteiger partial charge < -0.3 is 10.1 Å². The number of hydrogen-bond donors (Lipinski definition) is 1. The summed E-state index contributed by atoms with van der Waals surface area (Å²) in [5.41, 5.74) is 1.97. The largest absolute Gasteiger partial charge is 0.488 e. The zero-order valence-electron chi connectivity index (χ0n) is 11.9. The Kier molecular flexibility index (Phi) is 7.50. The van der Waals surface area contributed by atoms with Crippen LogP contribution < -0.4 is 10.1 Å². The highest BCUT2D eigenvalue weighted by Crippen LogP contribution is 2.25. The van der Waals surface area contributed by atoms with Crippen molar-refractivity contribution < 1.29 is 9.66 Å². The first-order valence-electron chi connectivity index (χ1n) is 6.49. The molecule has 0 saturated carbocycles. The van der Waals surface area contributed by atoms with Crippen LogP contribution >= 0.6 is 23.2 Å². The van der Waals surface area contributed by atoms with Gasteiger partial charge in [-0.15, -0.1) is 0 Å². The second-order valence-electron chi connectivity index (χ2n) is 4.92. The van der Waals surface area contributed by atoms with E-state index in [4.69, 9.17) is 27.9 Å². The van der Waals surface area contributed by atoms with Gasteiger partial charge in [-0.25, -0.2) is 0 Å². The van der Waals surface area contributed by atoms with Crippen molar-refractivity contribution in [3.8, 4) is 5.75 Å². The summed E-state index contributed by atoms with van der Waals surface area (Å²) in [6.45, 7) is 5.59. The maximum Gasteiger partial charge on any atom is 0.270 e. The lowest BCUT2D eigenvalue weighted by Gasteiger charge is -2.13. The molecule has 0 radical (unpaired) electrons. The fraction of sp³-hybridized carbons (Fsp3) is 0.429. The molecule has 7 heteroatoms. The topological polar surface area (TPSA) is 64.4 Å². The lowest BCUT2D eigenvalue weighted by Crippen LogP contribution is -2.19. The van der Waals surface area contributed by atoms with Gasteiger partial charge >= 0.3 is 0 Å². The monoisotopic (exact) mass is 332 g/mol. The van der Waals surface area contributed by atoms with Crippen LogP contribution in [0.3, 0.4) is 0 Å². The number of hydrogen-bond acceptors (Lipinski definition) is 4. The quantitative estimate of drug-likeness (QED) is 0.576. The third-order valence-corrected chi connectivity index (χ3v) is 3.20. The Bertz CT molecular complexity index is 519. The van der Waals surface area contributed by atoms with Crippen molar-refractivity contribution in [2.75, 3.05) is 13.2 Å². The zero-order chi connectivity index (χ0) is 15.8. The Balaban J connectivity index is 2.86. The minimum atomic E-state index is -0.429. The number of halogens is 2. The maximum absolute atomic E-state index is 10.9. The first kappa shape index (κ1) is 17.8. The maximum atomic E-state index is 10.9. The van der Waals surface area contributed by atoms with Crippen molar-refractivity contribution in [1.29, 1.82) is 0 Å². The smallest absolute Gasteiger partial charge is 0.270 e. The van der Waals surface area contributed by atoms with Gasteiger partial charge in [-0.05, 0) is 18.5 Å². The highest BCUT2D eigenvalue weighted by molar-refractivity contribution is 6.36. The molecule has 0 bridgehead atoms. The Labute approximate surface area is 134 Å². The zero-order valence-corrected chi connectivity index (χ0v) is 13.4. The number of ether oxygens (including phenoxy) is 1. The van der Waals surface area contributed by atoms with E-state index in [0.29, 0.717) is 28.8 Å². The van der Waals surface area contributed by atoms with Crippen molar-refractivity contribution in [2.24, 2.45) is 5.92 Å². The van der Waals surface area contributed by atoms with Crippen LogP contribution in [0.4, 0.5) is 5.69 Å². The lowest BCUT2D eigenvalue weighted by atomic mass is 10.1. The molecule has 0 aliphatic heterocycles. The van der Waals surface area contributed by atoms with Crippen LogP contribution in [-0.4, -0.2) is 18.1 Å². The SMILES string of the molecule is CC(C)CNCc1cc([N+](=O)[O-])ccc1OCC(Cl)=CCl. The summed E-state index contributed by atoms with van der Waals surface area (Å²) in [4.78, 5) is 10.4. The van der Waals surface area contributed by atoms with E-state index in [1.807, 2.05) is 0 Å². The van der Waals surface area contributed by atoms with E-state index < -0.39 is 4.92 Å². The molecule has 1 aromatic rings. The molecule has 0 saturated heterocycles. The first-order valence-corrected chi connectivity index (χ1v) is 7.31. The van der Waals surface area contributed by atoms with E-state index >= 15 is 0 Å². The molecule has 1 aromatic carbocycles. The second kappa shape index (κ2) is 8.87. The van der Waals surface area contributed by atoms with E-state index in [1.165, 1.54) is 17.7 Å². The van der Waals surface area contributed by atoms with E-state index in [1.54, 1.807) is 6.07 Å². The number of nitro benzene ring substituents is 1. The molecule has 5 nitrogen and oxygen atoms in total. The highest BCUT2D eigenvalue weighted by Gasteiger charge is 2.12. The molecule has 1 N–H and O–H groups in total. The Hall–Kier alpha value is -1.30. The van der Waals surface area contributed by atoms with Crippen LogP contribution in [0.5, 0.6) is 5.75 Å². The molecule has 0 amide bonds. The Morgan fingerprint density at radius 1 is 1.52 bits per heavy atom. The summed E-state index contributed by atoms with van der Waals surface area (Å²) < 4.78 is 5.53. The Morgan fingerprint density at radius 3 is 2.81 bits per heavy atom.